The molecule has 1 unspecified atom stereocenters. The molecule has 1 saturated heterocycles. The Hall–Kier alpha value is -1.30. The molecule has 0 spiro atoms. The van der Waals surface area contributed by atoms with Crippen molar-refractivity contribution in [2.75, 3.05) is 13.7 Å². The molecule has 6 heteroatoms. The Morgan fingerprint density at radius 2 is 2.69 bits per heavy atom. The van der Waals surface area contributed by atoms with Crippen LogP contribution in [0.2, 0.25) is 0 Å². The second kappa shape index (κ2) is 3.21. The summed E-state index contributed by atoms with van der Waals surface area (Å²) >= 11 is 1.40. The smallest absolute Gasteiger partial charge is 0.407 e. The maximum atomic E-state index is 10.7. The van der Waals surface area contributed by atoms with Crippen molar-refractivity contribution in [1.82, 2.24) is 10.3 Å². The number of methoxy groups -OCH3 is 1. The summed E-state index contributed by atoms with van der Waals surface area (Å²) in [5.41, 5.74) is 0. The lowest BCUT2D eigenvalue weighted by Gasteiger charge is -2.00. The van der Waals surface area contributed by atoms with Gasteiger partial charge in [-0.05, 0) is 0 Å². The first-order valence-electron chi connectivity index (χ1n) is 3.72. The second-order valence-corrected chi connectivity index (χ2v) is 3.55. The molecule has 1 aromatic heterocycles. The molecule has 0 aromatic carbocycles. The third-order valence-electron chi connectivity index (χ3n) is 1.69. The molecule has 0 bridgehead atoms. The largest absolute Gasteiger partial charge is 0.473 e. The van der Waals surface area contributed by atoms with Crippen molar-refractivity contribution < 1.29 is 14.3 Å². The topological polar surface area (TPSA) is 60.5 Å². The zero-order chi connectivity index (χ0) is 9.26. The Morgan fingerprint density at radius 3 is 3.23 bits per heavy atom. The van der Waals surface area contributed by atoms with Crippen LogP contribution >= 0.6 is 11.3 Å². The number of alkyl carbamates (subject to hydrolysis) is 1. The predicted octanol–water partition coefficient (Wildman–Crippen LogP) is 0.933. The summed E-state index contributed by atoms with van der Waals surface area (Å²) in [6.07, 6.45) is 1.31. The van der Waals surface area contributed by atoms with Crippen LogP contribution in [0.1, 0.15) is 10.9 Å². The Kier molecular flexibility index (Phi) is 2.05. The normalized spacial score (nSPS) is 21.0. The van der Waals surface area contributed by atoms with E-state index in [1.165, 1.54) is 11.3 Å². The van der Waals surface area contributed by atoms with Crippen LogP contribution < -0.4 is 10.1 Å². The molecule has 1 N–H and O–H groups in total. The van der Waals surface area contributed by atoms with Gasteiger partial charge in [0.25, 0.3) is 5.19 Å². The van der Waals surface area contributed by atoms with E-state index in [0.717, 1.165) is 4.88 Å². The molecule has 0 aliphatic carbocycles. The van der Waals surface area contributed by atoms with E-state index in [9.17, 15) is 4.79 Å². The Balaban J connectivity index is 2.12. The van der Waals surface area contributed by atoms with E-state index >= 15 is 0 Å². The highest BCUT2D eigenvalue weighted by Crippen LogP contribution is 2.27. The lowest BCUT2D eigenvalue weighted by molar-refractivity contribution is 0.177. The van der Waals surface area contributed by atoms with Crippen LogP contribution in [0.3, 0.4) is 0 Å². The van der Waals surface area contributed by atoms with Crippen molar-refractivity contribution in [3.05, 3.63) is 11.1 Å². The van der Waals surface area contributed by atoms with Crippen molar-refractivity contribution in [1.29, 1.82) is 0 Å². The molecule has 1 aliphatic rings. The molecule has 1 fully saturated rings. The third-order valence-corrected chi connectivity index (χ3v) is 2.77. The van der Waals surface area contributed by atoms with Crippen molar-refractivity contribution in [2.24, 2.45) is 0 Å². The van der Waals surface area contributed by atoms with Crippen LogP contribution in [-0.4, -0.2) is 24.8 Å². The molecule has 1 aliphatic heterocycles. The van der Waals surface area contributed by atoms with Gasteiger partial charge in [-0.15, -0.1) is 0 Å². The molecule has 0 saturated carbocycles. The van der Waals surface area contributed by atoms with Crippen LogP contribution in [-0.2, 0) is 4.74 Å². The average molecular weight is 200 g/mol. The highest BCUT2D eigenvalue weighted by Gasteiger charge is 2.25. The Morgan fingerprint density at radius 1 is 1.85 bits per heavy atom. The first-order valence-corrected chi connectivity index (χ1v) is 4.54. The Bertz CT molecular complexity index is 325. The molecule has 13 heavy (non-hydrogen) atoms. The quantitative estimate of drug-likeness (QED) is 0.771. The minimum atomic E-state index is -0.377. The average Bonchev–Trinajstić information content (AvgIpc) is 2.71. The number of hydrogen-bond acceptors (Lipinski definition) is 5. The number of aromatic nitrogens is 1. The van der Waals surface area contributed by atoms with E-state index in [-0.39, 0.29) is 12.1 Å². The Labute approximate surface area is 78.7 Å². The van der Waals surface area contributed by atoms with E-state index in [0.29, 0.717) is 11.8 Å². The van der Waals surface area contributed by atoms with Crippen LogP contribution in [0.5, 0.6) is 5.19 Å². The maximum absolute atomic E-state index is 10.7. The lowest BCUT2D eigenvalue weighted by atomic mass is 10.3. The van der Waals surface area contributed by atoms with Gasteiger partial charge in [-0.1, -0.05) is 11.3 Å². The molecule has 1 amide bonds. The van der Waals surface area contributed by atoms with E-state index in [1.54, 1.807) is 13.3 Å². The van der Waals surface area contributed by atoms with Crippen LogP contribution in [0, 0.1) is 0 Å². The number of thiazole rings is 1. The molecular weight excluding hydrogens is 192 g/mol. The van der Waals surface area contributed by atoms with Gasteiger partial charge < -0.3 is 14.8 Å². The van der Waals surface area contributed by atoms with Gasteiger partial charge in [0.1, 0.15) is 12.6 Å². The highest BCUT2D eigenvalue weighted by atomic mass is 32.1. The zero-order valence-electron chi connectivity index (χ0n) is 6.94. The molecular formula is C7H8N2O3S. The third kappa shape index (κ3) is 1.57. The number of nitrogens with one attached hydrogen (secondary N) is 1. The summed E-state index contributed by atoms with van der Waals surface area (Å²) in [6, 6.07) is -0.0751. The van der Waals surface area contributed by atoms with E-state index in [1.807, 2.05) is 0 Å². The van der Waals surface area contributed by atoms with Gasteiger partial charge in [0.15, 0.2) is 0 Å². The van der Waals surface area contributed by atoms with Gasteiger partial charge >= 0.3 is 6.09 Å². The number of nitrogens with zero attached hydrogens (tertiary/aromatic N) is 1. The van der Waals surface area contributed by atoms with E-state index in [4.69, 9.17) is 9.47 Å². The molecule has 70 valence electrons. The first-order chi connectivity index (χ1) is 6.29. The number of hydrogen-bond donors (Lipinski definition) is 1. The van der Waals surface area contributed by atoms with Gasteiger partial charge in [-0.25, -0.2) is 9.78 Å². The van der Waals surface area contributed by atoms with Gasteiger partial charge in [-0.3, -0.25) is 0 Å². The number of carbonyl (C=O) groups excluding carboxylic acids is 1. The summed E-state index contributed by atoms with van der Waals surface area (Å²) in [6.45, 7) is 0.365. The van der Waals surface area contributed by atoms with Crippen LogP contribution in [0.25, 0.3) is 0 Å². The van der Waals surface area contributed by atoms with Crippen molar-refractivity contribution in [3.63, 3.8) is 0 Å². The van der Waals surface area contributed by atoms with Crippen molar-refractivity contribution >= 4 is 17.4 Å². The molecule has 2 rings (SSSR count). The molecule has 1 atom stereocenters. The predicted molar refractivity (Wildman–Crippen MR) is 45.9 cm³/mol. The number of carbonyl (C=O) groups is 1. The molecule has 2 heterocycles. The fourth-order valence-corrected chi connectivity index (χ4v) is 1.83. The van der Waals surface area contributed by atoms with Gasteiger partial charge in [0, 0.05) is 6.20 Å². The minimum Gasteiger partial charge on any atom is -0.473 e. The van der Waals surface area contributed by atoms with Crippen molar-refractivity contribution in [2.45, 2.75) is 6.04 Å². The van der Waals surface area contributed by atoms with Gasteiger partial charge in [-0.2, -0.15) is 0 Å². The molecule has 0 radical (unpaired) electrons. The summed E-state index contributed by atoms with van der Waals surface area (Å²) in [5, 5.41) is 3.25. The maximum Gasteiger partial charge on any atom is 0.407 e. The summed E-state index contributed by atoms with van der Waals surface area (Å²) in [4.78, 5) is 15.7. The fraction of sp³-hybridized carbons (Fsp3) is 0.429. The van der Waals surface area contributed by atoms with E-state index in [2.05, 4.69) is 10.3 Å². The molecule has 1 aromatic rings. The van der Waals surface area contributed by atoms with Crippen molar-refractivity contribution in [3.8, 4) is 5.19 Å². The number of ether oxygens (including phenoxy) is 2. The number of cyclic esters (lactones) is 1. The minimum absolute atomic E-state index is 0.0751. The van der Waals surface area contributed by atoms with Gasteiger partial charge in [0.05, 0.1) is 12.0 Å². The lowest BCUT2D eigenvalue weighted by Crippen LogP contribution is -2.17. The second-order valence-electron chi connectivity index (χ2n) is 2.53. The summed E-state index contributed by atoms with van der Waals surface area (Å²) in [5.74, 6) is 0. The summed E-state index contributed by atoms with van der Waals surface area (Å²) < 4.78 is 9.69. The monoisotopic (exact) mass is 200 g/mol. The number of amides is 1. The summed E-state index contributed by atoms with van der Waals surface area (Å²) in [7, 11) is 1.56. The van der Waals surface area contributed by atoms with Crippen LogP contribution in [0.15, 0.2) is 6.20 Å². The highest BCUT2D eigenvalue weighted by molar-refractivity contribution is 7.13. The van der Waals surface area contributed by atoms with E-state index < -0.39 is 0 Å². The molecule has 5 nitrogen and oxygen atoms in total. The van der Waals surface area contributed by atoms with Crippen LogP contribution in [0.4, 0.5) is 4.79 Å². The first kappa shape index (κ1) is 8.31. The standard InChI is InChI=1S/C7H8N2O3S/c1-11-7-8-2-5(13-7)4-3-12-6(10)9-4/h2,4H,3H2,1H3,(H,9,10). The SMILES string of the molecule is COc1ncc(C2COC(=O)N2)s1. The zero-order valence-corrected chi connectivity index (χ0v) is 7.76. The number of rotatable bonds is 2. The van der Waals surface area contributed by atoms with Gasteiger partial charge in [0.2, 0.25) is 0 Å². The fourth-order valence-electron chi connectivity index (χ4n) is 1.06.